The van der Waals surface area contributed by atoms with Crippen molar-refractivity contribution in [1.29, 1.82) is 0 Å². The van der Waals surface area contributed by atoms with Crippen molar-refractivity contribution in [1.82, 2.24) is 20.0 Å². The Kier molecular flexibility index (Phi) is 1.53. The molecule has 0 spiro atoms. The van der Waals surface area contributed by atoms with Gasteiger partial charge in [0, 0.05) is 11.5 Å². The molecule has 0 aliphatic carbocycles. The minimum absolute atomic E-state index is 0.163. The van der Waals surface area contributed by atoms with E-state index < -0.39 is 0 Å². The number of nitrogens with one attached hydrogen (secondary N) is 1. The lowest BCUT2D eigenvalue weighted by Crippen LogP contribution is -1.97. The average molecular weight is 200 g/mol. The lowest BCUT2D eigenvalue weighted by molar-refractivity contribution is 0.458. The van der Waals surface area contributed by atoms with Crippen molar-refractivity contribution in [3.63, 3.8) is 0 Å². The molecule has 2 aromatic heterocycles. The van der Waals surface area contributed by atoms with Gasteiger partial charge in [0.05, 0.1) is 23.6 Å². The number of hydrogen-bond donors (Lipinski definition) is 2. The van der Waals surface area contributed by atoms with Crippen LogP contribution in [-0.4, -0.2) is 25.1 Å². The molecule has 0 fully saturated rings. The summed E-state index contributed by atoms with van der Waals surface area (Å²) in [5, 5.41) is 18.3. The standard InChI is InChI=1S/C10H8N4O/c15-10-5-7-1-2-8(6-9(7)13-10)14-11-3-4-12-14/h1-6,13,15H. The third-order valence-electron chi connectivity index (χ3n) is 2.24. The molecule has 0 amide bonds. The van der Waals surface area contributed by atoms with E-state index in [0.29, 0.717) is 0 Å². The van der Waals surface area contributed by atoms with Gasteiger partial charge >= 0.3 is 0 Å². The molecule has 0 aliphatic rings. The van der Waals surface area contributed by atoms with Crippen LogP contribution in [0, 0.1) is 0 Å². The summed E-state index contributed by atoms with van der Waals surface area (Å²) in [4.78, 5) is 4.37. The maximum Gasteiger partial charge on any atom is 0.189 e. The number of aromatic amines is 1. The Balaban J connectivity index is 2.21. The van der Waals surface area contributed by atoms with Crippen LogP contribution < -0.4 is 0 Å². The predicted molar refractivity (Wildman–Crippen MR) is 54.9 cm³/mol. The first-order valence-electron chi connectivity index (χ1n) is 4.51. The van der Waals surface area contributed by atoms with Crippen LogP contribution in [0.3, 0.4) is 0 Å². The van der Waals surface area contributed by atoms with Gasteiger partial charge in [-0.3, -0.25) is 0 Å². The zero-order chi connectivity index (χ0) is 10.3. The third-order valence-corrected chi connectivity index (χ3v) is 2.24. The second kappa shape index (κ2) is 2.84. The Hall–Kier alpha value is -2.30. The largest absolute Gasteiger partial charge is 0.495 e. The van der Waals surface area contributed by atoms with Crippen molar-refractivity contribution in [3.05, 3.63) is 36.7 Å². The summed E-state index contributed by atoms with van der Waals surface area (Å²) in [6.45, 7) is 0. The zero-order valence-electron chi connectivity index (χ0n) is 7.75. The summed E-state index contributed by atoms with van der Waals surface area (Å²) in [5.74, 6) is 0.163. The van der Waals surface area contributed by atoms with Crippen LogP contribution in [0.5, 0.6) is 5.88 Å². The average Bonchev–Trinajstić information content (AvgIpc) is 2.82. The molecule has 74 valence electrons. The molecule has 0 saturated heterocycles. The molecule has 1 aromatic carbocycles. The van der Waals surface area contributed by atoms with Crippen molar-refractivity contribution in [2.24, 2.45) is 0 Å². The van der Waals surface area contributed by atoms with Crippen LogP contribution in [-0.2, 0) is 0 Å². The minimum atomic E-state index is 0.163. The van der Waals surface area contributed by atoms with Crippen LogP contribution in [0.1, 0.15) is 0 Å². The second-order valence-electron chi connectivity index (χ2n) is 3.24. The number of aromatic hydroxyl groups is 1. The fourth-order valence-electron chi connectivity index (χ4n) is 1.57. The number of nitrogens with zero attached hydrogens (tertiary/aromatic N) is 3. The van der Waals surface area contributed by atoms with Crippen molar-refractivity contribution < 1.29 is 5.11 Å². The van der Waals surface area contributed by atoms with Gasteiger partial charge in [-0.2, -0.15) is 15.0 Å². The summed E-state index contributed by atoms with van der Waals surface area (Å²) < 4.78 is 0. The van der Waals surface area contributed by atoms with E-state index in [1.165, 1.54) is 4.80 Å². The first-order chi connectivity index (χ1) is 7.33. The molecule has 0 aliphatic heterocycles. The molecule has 2 N–H and O–H groups in total. The predicted octanol–water partition coefficient (Wildman–Crippen LogP) is 1.45. The van der Waals surface area contributed by atoms with Gasteiger partial charge in [0.15, 0.2) is 5.88 Å². The normalized spacial score (nSPS) is 10.9. The molecule has 0 unspecified atom stereocenters. The first-order valence-corrected chi connectivity index (χ1v) is 4.51. The molecule has 0 bridgehead atoms. The molecule has 0 atom stereocenters. The monoisotopic (exact) mass is 200 g/mol. The Morgan fingerprint density at radius 1 is 1.13 bits per heavy atom. The van der Waals surface area contributed by atoms with Crippen molar-refractivity contribution in [3.8, 4) is 11.6 Å². The quantitative estimate of drug-likeness (QED) is 0.624. The lowest BCUT2D eigenvalue weighted by atomic mass is 10.2. The van der Waals surface area contributed by atoms with E-state index in [1.807, 2.05) is 18.2 Å². The summed E-state index contributed by atoms with van der Waals surface area (Å²) >= 11 is 0. The topological polar surface area (TPSA) is 66.7 Å². The van der Waals surface area contributed by atoms with E-state index in [4.69, 9.17) is 0 Å². The molecule has 3 rings (SSSR count). The van der Waals surface area contributed by atoms with Crippen LogP contribution in [0.4, 0.5) is 0 Å². The second-order valence-corrected chi connectivity index (χ2v) is 3.24. The molecular weight excluding hydrogens is 192 g/mol. The van der Waals surface area contributed by atoms with Crippen LogP contribution in [0.2, 0.25) is 0 Å². The molecular formula is C10H8N4O. The molecule has 3 aromatic rings. The maximum absolute atomic E-state index is 9.28. The molecule has 15 heavy (non-hydrogen) atoms. The summed E-state index contributed by atoms with van der Waals surface area (Å²) in [5.41, 5.74) is 1.72. The number of fused-ring (bicyclic) bond motifs is 1. The van der Waals surface area contributed by atoms with E-state index in [9.17, 15) is 5.11 Å². The molecule has 0 radical (unpaired) electrons. The number of rotatable bonds is 1. The van der Waals surface area contributed by atoms with Gasteiger partial charge in [0.25, 0.3) is 0 Å². The number of hydrogen-bond acceptors (Lipinski definition) is 3. The highest BCUT2D eigenvalue weighted by Gasteiger charge is 2.02. The SMILES string of the molecule is Oc1cc2ccc(-n3nccn3)cc2[nH]1. The van der Waals surface area contributed by atoms with Crippen molar-refractivity contribution in [2.45, 2.75) is 0 Å². The van der Waals surface area contributed by atoms with Gasteiger partial charge in [-0.15, -0.1) is 0 Å². The first kappa shape index (κ1) is 8.05. The molecule has 0 saturated carbocycles. The van der Waals surface area contributed by atoms with E-state index in [-0.39, 0.29) is 5.88 Å². The molecule has 2 heterocycles. The van der Waals surface area contributed by atoms with E-state index in [2.05, 4.69) is 15.2 Å². The highest BCUT2D eigenvalue weighted by atomic mass is 16.3. The number of H-pyrrole nitrogens is 1. The Morgan fingerprint density at radius 2 is 1.93 bits per heavy atom. The number of benzene rings is 1. The highest BCUT2D eigenvalue weighted by Crippen LogP contribution is 2.21. The molecule has 5 heteroatoms. The van der Waals surface area contributed by atoms with Gasteiger partial charge in [-0.1, -0.05) is 6.07 Å². The third kappa shape index (κ3) is 1.25. The summed E-state index contributed by atoms with van der Waals surface area (Å²) in [6.07, 6.45) is 3.24. The van der Waals surface area contributed by atoms with E-state index in [1.54, 1.807) is 18.5 Å². The smallest absolute Gasteiger partial charge is 0.189 e. The van der Waals surface area contributed by atoms with Gasteiger partial charge in [0.1, 0.15) is 0 Å². The van der Waals surface area contributed by atoms with Crippen molar-refractivity contribution in [2.75, 3.05) is 0 Å². The van der Waals surface area contributed by atoms with Gasteiger partial charge in [-0.25, -0.2) is 0 Å². The Labute approximate surface area is 85.0 Å². The van der Waals surface area contributed by atoms with Crippen LogP contribution in [0.15, 0.2) is 36.7 Å². The van der Waals surface area contributed by atoms with Crippen molar-refractivity contribution >= 4 is 10.9 Å². The highest BCUT2D eigenvalue weighted by molar-refractivity contribution is 5.83. The number of aromatic nitrogens is 4. The van der Waals surface area contributed by atoms with Crippen LogP contribution in [0.25, 0.3) is 16.6 Å². The van der Waals surface area contributed by atoms with E-state index >= 15 is 0 Å². The van der Waals surface area contributed by atoms with Crippen LogP contribution >= 0.6 is 0 Å². The van der Waals surface area contributed by atoms with Gasteiger partial charge in [-0.05, 0) is 12.1 Å². The lowest BCUT2D eigenvalue weighted by Gasteiger charge is -1.98. The zero-order valence-corrected chi connectivity index (χ0v) is 7.75. The van der Waals surface area contributed by atoms with Gasteiger partial charge < -0.3 is 10.1 Å². The van der Waals surface area contributed by atoms with Gasteiger partial charge in [0.2, 0.25) is 0 Å². The Bertz CT molecular complexity index is 597. The maximum atomic E-state index is 9.28. The fourth-order valence-corrected chi connectivity index (χ4v) is 1.57. The Morgan fingerprint density at radius 3 is 2.73 bits per heavy atom. The summed E-state index contributed by atoms with van der Waals surface area (Å²) in [6, 6.07) is 7.37. The minimum Gasteiger partial charge on any atom is -0.495 e. The van der Waals surface area contributed by atoms with E-state index in [0.717, 1.165) is 16.6 Å². The molecule has 5 nitrogen and oxygen atoms in total. The fraction of sp³-hybridized carbons (Fsp3) is 0. The summed E-state index contributed by atoms with van der Waals surface area (Å²) in [7, 11) is 0.